The van der Waals surface area contributed by atoms with Gasteiger partial charge >= 0.3 is 0 Å². The lowest BCUT2D eigenvalue weighted by atomic mass is 10.2. The Kier molecular flexibility index (Phi) is 4.18. The van der Waals surface area contributed by atoms with Crippen molar-refractivity contribution in [3.05, 3.63) is 47.5 Å². The Hall–Kier alpha value is -2.30. The molecule has 2 rings (SSSR count). The van der Waals surface area contributed by atoms with Crippen LogP contribution in [0.4, 0.5) is 5.82 Å². The molecule has 0 spiro atoms. The molecule has 0 radical (unpaired) electrons. The van der Waals surface area contributed by atoms with Crippen LogP contribution in [0.5, 0.6) is 0 Å². The average Bonchev–Trinajstić information content (AvgIpc) is 2.88. The molecule has 19 heavy (non-hydrogen) atoms. The van der Waals surface area contributed by atoms with E-state index < -0.39 is 0 Å². The van der Waals surface area contributed by atoms with Crippen LogP contribution in [-0.2, 0) is 6.54 Å². The van der Waals surface area contributed by atoms with Crippen LogP contribution in [0.25, 0.3) is 0 Å². The molecule has 0 unspecified atom stereocenters. The summed E-state index contributed by atoms with van der Waals surface area (Å²) in [5, 5.41) is 5.95. The maximum absolute atomic E-state index is 12.1. The Bertz CT molecular complexity index is 550. The first-order valence-corrected chi connectivity index (χ1v) is 6.21. The van der Waals surface area contributed by atoms with Crippen molar-refractivity contribution >= 4 is 11.7 Å². The molecule has 0 aromatic carbocycles. The third-order valence-corrected chi connectivity index (χ3v) is 2.61. The molecule has 100 valence electrons. The standard InChI is InChI=1S/C14H17N3O2/c1-3-15-13-7-12(6-10(2)17-13)14(18)16-8-11-4-5-19-9-11/h4-7,9H,3,8H2,1-2H3,(H,15,17)(H,16,18). The highest BCUT2D eigenvalue weighted by Gasteiger charge is 2.08. The number of rotatable bonds is 5. The Balaban J connectivity index is 2.05. The van der Waals surface area contributed by atoms with E-state index in [1.54, 1.807) is 24.7 Å². The smallest absolute Gasteiger partial charge is 0.251 e. The zero-order valence-corrected chi connectivity index (χ0v) is 11.1. The van der Waals surface area contributed by atoms with Crippen molar-refractivity contribution in [3.63, 3.8) is 0 Å². The van der Waals surface area contributed by atoms with Gasteiger partial charge in [-0.2, -0.15) is 0 Å². The van der Waals surface area contributed by atoms with Crippen LogP contribution in [-0.4, -0.2) is 17.4 Å². The molecule has 0 aliphatic carbocycles. The molecule has 0 saturated carbocycles. The zero-order chi connectivity index (χ0) is 13.7. The molecule has 2 heterocycles. The molecule has 0 saturated heterocycles. The molecule has 0 fully saturated rings. The summed E-state index contributed by atoms with van der Waals surface area (Å²) in [6, 6.07) is 5.34. The average molecular weight is 259 g/mol. The minimum Gasteiger partial charge on any atom is -0.472 e. The summed E-state index contributed by atoms with van der Waals surface area (Å²) in [5.41, 5.74) is 2.35. The van der Waals surface area contributed by atoms with Crippen LogP contribution in [0.15, 0.2) is 35.1 Å². The summed E-state index contributed by atoms with van der Waals surface area (Å²) in [5.74, 6) is 0.599. The van der Waals surface area contributed by atoms with Crippen molar-refractivity contribution < 1.29 is 9.21 Å². The number of nitrogens with one attached hydrogen (secondary N) is 2. The Morgan fingerprint density at radius 2 is 2.26 bits per heavy atom. The Morgan fingerprint density at radius 3 is 2.95 bits per heavy atom. The molecule has 1 amide bonds. The fourth-order valence-corrected chi connectivity index (χ4v) is 1.75. The van der Waals surface area contributed by atoms with Crippen molar-refractivity contribution in [1.29, 1.82) is 0 Å². The molecule has 0 atom stereocenters. The number of hydrogen-bond acceptors (Lipinski definition) is 4. The van der Waals surface area contributed by atoms with Gasteiger partial charge in [0.25, 0.3) is 5.91 Å². The number of anilines is 1. The Morgan fingerprint density at radius 1 is 1.42 bits per heavy atom. The van der Waals surface area contributed by atoms with Gasteiger partial charge in [0.15, 0.2) is 0 Å². The van der Waals surface area contributed by atoms with E-state index in [4.69, 9.17) is 4.42 Å². The summed E-state index contributed by atoms with van der Waals surface area (Å²) in [7, 11) is 0. The highest BCUT2D eigenvalue weighted by atomic mass is 16.3. The van der Waals surface area contributed by atoms with Gasteiger partial charge in [0.1, 0.15) is 5.82 Å². The fourth-order valence-electron chi connectivity index (χ4n) is 1.75. The van der Waals surface area contributed by atoms with Gasteiger partial charge in [-0.1, -0.05) is 0 Å². The predicted octanol–water partition coefficient (Wildman–Crippen LogP) is 2.34. The normalized spacial score (nSPS) is 10.2. The van der Waals surface area contributed by atoms with Gasteiger partial charge in [0, 0.05) is 29.9 Å². The van der Waals surface area contributed by atoms with E-state index in [1.165, 1.54) is 0 Å². The minimum absolute atomic E-state index is 0.120. The van der Waals surface area contributed by atoms with Gasteiger partial charge in [-0.05, 0) is 32.0 Å². The minimum atomic E-state index is -0.120. The largest absolute Gasteiger partial charge is 0.472 e. The highest BCUT2D eigenvalue weighted by molar-refractivity contribution is 5.94. The number of aryl methyl sites for hydroxylation is 1. The number of carbonyl (C=O) groups excluding carboxylic acids is 1. The molecule has 5 nitrogen and oxygen atoms in total. The van der Waals surface area contributed by atoms with Gasteiger partial charge in [-0.3, -0.25) is 4.79 Å². The van der Waals surface area contributed by atoms with E-state index in [1.807, 2.05) is 19.9 Å². The third kappa shape index (κ3) is 3.58. The second kappa shape index (κ2) is 6.04. The topological polar surface area (TPSA) is 67.2 Å². The van der Waals surface area contributed by atoms with Gasteiger partial charge in [-0.25, -0.2) is 4.98 Å². The van der Waals surface area contributed by atoms with Gasteiger partial charge in [-0.15, -0.1) is 0 Å². The summed E-state index contributed by atoms with van der Waals surface area (Å²) >= 11 is 0. The number of nitrogens with zero attached hydrogens (tertiary/aromatic N) is 1. The molecule has 2 aromatic rings. The lowest BCUT2D eigenvalue weighted by molar-refractivity contribution is 0.0950. The molecule has 0 bridgehead atoms. The molecular formula is C14H17N3O2. The first kappa shape index (κ1) is 13.1. The predicted molar refractivity (Wildman–Crippen MR) is 73.0 cm³/mol. The molecular weight excluding hydrogens is 242 g/mol. The van der Waals surface area contributed by atoms with E-state index in [0.717, 1.165) is 23.6 Å². The maximum Gasteiger partial charge on any atom is 0.251 e. The van der Waals surface area contributed by atoms with E-state index in [0.29, 0.717) is 12.1 Å². The van der Waals surface area contributed by atoms with Crippen LogP contribution in [0, 0.1) is 6.92 Å². The Labute approximate surface area is 112 Å². The fraction of sp³-hybridized carbons (Fsp3) is 0.286. The van der Waals surface area contributed by atoms with Crippen LogP contribution < -0.4 is 10.6 Å². The summed E-state index contributed by atoms with van der Waals surface area (Å²) in [6.45, 7) is 5.08. The van der Waals surface area contributed by atoms with Crippen molar-refractivity contribution in [2.24, 2.45) is 0 Å². The third-order valence-electron chi connectivity index (χ3n) is 2.61. The molecule has 2 aromatic heterocycles. The monoisotopic (exact) mass is 259 g/mol. The van der Waals surface area contributed by atoms with Crippen molar-refractivity contribution in [2.75, 3.05) is 11.9 Å². The van der Waals surface area contributed by atoms with Gasteiger partial charge in [0.2, 0.25) is 0 Å². The van der Waals surface area contributed by atoms with Crippen LogP contribution >= 0.6 is 0 Å². The highest BCUT2D eigenvalue weighted by Crippen LogP contribution is 2.10. The second-order valence-electron chi connectivity index (χ2n) is 4.23. The summed E-state index contributed by atoms with van der Waals surface area (Å²) in [4.78, 5) is 16.4. The molecule has 5 heteroatoms. The van der Waals surface area contributed by atoms with E-state index >= 15 is 0 Å². The SMILES string of the molecule is CCNc1cc(C(=O)NCc2ccoc2)cc(C)n1. The van der Waals surface area contributed by atoms with Crippen LogP contribution in [0.3, 0.4) is 0 Å². The molecule has 2 N–H and O–H groups in total. The van der Waals surface area contributed by atoms with E-state index in [-0.39, 0.29) is 5.91 Å². The van der Waals surface area contributed by atoms with E-state index in [9.17, 15) is 4.79 Å². The first-order valence-electron chi connectivity index (χ1n) is 6.21. The maximum atomic E-state index is 12.1. The number of amides is 1. The van der Waals surface area contributed by atoms with E-state index in [2.05, 4.69) is 15.6 Å². The second-order valence-corrected chi connectivity index (χ2v) is 4.23. The first-order chi connectivity index (χ1) is 9.19. The molecule has 0 aliphatic heterocycles. The zero-order valence-electron chi connectivity index (χ0n) is 11.1. The quantitative estimate of drug-likeness (QED) is 0.865. The van der Waals surface area contributed by atoms with Crippen molar-refractivity contribution in [2.45, 2.75) is 20.4 Å². The molecule has 0 aliphatic rings. The van der Waals surface area contributed by atoms with Gasteiger partial charge in [0.05, 0.1) is 12.5 Å². The lowest BCUT2D eigenvalue weighted by Gasteiger charge is -2.08. The summed E-state index contributed by atoms with van der Waals surface area (Å²) in [6.07, 6.45) is 3.20. The van der Waals surface area contributed by atoms with Crippen LogP contribution in [0.1, 0.15) is 28.5 Å². The van der Waals surface area contributed by atoms with Crippen LogP contribution in [0.2, 0.25) is 0 Å². The number of hydrogen-bond donors (Lipinski definition) is 2. The van der Waals surface area contributed by atoms with Crippen molar-refractivity contribution in [1.82, 2.24) is 10.3 Å². The number of aromatic nitrogens is 1. The van der Waals surface area contributed by atoms with Gasteiger partial charge < -0.3 is 15.1 Å². The summed E-state index contributed by atoms with van der Waals surface area (Å²) < 4.78 is 4.95. The number of pyridine rings is 1. The lowest BCUT2D eigenvalue weighted by Crippen LogP contribution is -2.23. The van der Waals surface area contributed by atoms with Crippen molar-refractivity contribution in [3.8, 4) is 0 Å². The number of furan rings is 1. The number of carbonyl (C=O) groups is 1.